The predicted molar refractivity (Wildman–Crippen MR) is 105 cm³/mol. The van der Waals surface area contributed by atoms with Crippen molar-refractivity contribution in [2.75, 3.05) is 11.5 Å². The zero-order valence-electron chi connectivity index (χ0n) is 16.1. The number of carbonyl (C=O) groups is 1. The fourth-order valence-electron chi connectivity index (χ4n) is 5.50. The van der Waals surface area contributed by atoms with Crippen molar-refractivity contribution >= 4 is 15.7 Å². The molecule has 1 aromatic carbocycles. The van der Waals surface area contributed by atoms with E-state index in [1.54, 1.807) is 0 Å². The van der Waals surface area contributed by atoms with E-state index in [0.717, 1.165) is 32.1 Å². The molecule has 1 aromatic rings. The zero-order valence-corrected chi connectivity index (χ0v) is 16.9. The van der Waals surface area contributed by atoms with E-state index in [1.165, 1.54) is 11.1 Å². The second-order valence-corrected chi connectivity index (χ2v) is 11.7. The molecule has 1 amide bonds. The van der Waals surface area contributed by atoms with E-state index < -0.39 is 9.84 Å². The van der Waals surface area contributed by atoms with Crippen molar-refractivity contribution in [1.29, 1.82) is 0 Å². The fraction of sp³-hybridized carbons (Fsp3) is 0.682. The number of hydrogen-bond acceptors (Lipinski definition) is 3. The molecule has 1 aliphatic heterocycles. The van der Waals surface area contributed by atoms with Crippen molar-refractivity contribution < 1.29 is 13.2 Å². The second kappa shape index (κ2) is 6.07. The van der Waals surface area contributed by atoms with Gasteiger partial charge in [0.05, 0.1) is 11.5 Å². The summed E-state index contributed by atoms with van der Waals surface area (Å²) in [6.07, 6.45) is 6.76. The lowest BCUT2D eigenvalue weighted by molar-refractivity contribution is -0.138. The summed E-state index contributed by atoms with van der Waals surface area (Å²) in [5, 5.41) is 0. The van der Waals surface area contributed by atoms with Gasteiger partial charge in [0.1, 0.15) is 9.84 Å². The first-order valence-electron chi connectivity index (χ1n) is 10.5. The molecular formula is C22H29NO3S. The van der Waals surface area contributed by atoms with Gasteiger partial charge in [-0.25, -0.2) is 8.42 Å². The Morgan fingerprint density at radius 2 is 1.74 bits per heavy atom. The first kappa shape index (κ1) is 17.7. The summed E-state index contributed by atoms with van der Waals surface area (Å²) >= 11 is 0. The van der Waals surface area contributed by atoms with Crippen molar-refractivity contribution in [3.8, 4) is 0 Å². The van der Waals surface area contributed by atoms with E-state index in [0.29, 0.717) is 36.8 Å². The van der Waals surface area contributed by atoms with Crippen molar-refractivity contribution in [3.63, 3.8) is 0 Å². The lowest BCUT2D eigenvalue weighted by Gasteiger charge is -2.44. The summed E-state index contributed by atoms with van der Waals surface area (Å²) in [5.41, 5.74) is 2.81. The third-order valence-corrected chi connectivity index (χ3v) is 9.29. The zero-order chi connectivity index (χ0) is 18.8. The van der Waals surface area contributed by atoms with Crippen LogP contribution in [0.15, 0.2) is 24.3 Å². The number of nitrogens with zero attached hydrogens (tertiary/aromatic N) is 1. The molecule has 0 bridgehead atoms. The van der Waals surface area contributed by atoms with Gasteiger partial charge < -0.3 is 4.90 Å². The maximum atomic E-state index is 13.3. The molecule has 3 aliphatic carbocycles. The molecule has 0 radical (unpaired) electrons. The van der Waals surface area contributed by atoms with Gasteiger partial charge in [0.15, 0.2) is 0 Å². The van der Waals surface area contributed by atoms with E-state index in [1.807, 2.05) is 0 Å². The molecule has 1 unspecified atom stereocenters. The predicted octanol–water partition coefficient (Wildman–Crippen LogP) is 3.45. The molecule has 4 nitrogen and oxygen atoms in total. The van der Waals surface area contributed by atoms with Crippen LogP contribution in [0.2, 0.25) is 0 Å². The Morgan fingerprint density at radius 1 is 1.07 bits per heavy atom. The number of carbonyl (C=O) groups excluding carboxylic acids is 1. The Kier molecular flexibility index (Phi) is 3.98. The Bertz CT molecular complexity index is 853. The Labute approximate surface area is 162 Å². The summed E-state index contributed by atoms with van der Waals surface area (Å²) < 4.78 is 23.5. The van der Waals surface area contributed by atoms with E-state index in [-0.39, 0.29) is 22.8 Å². The highest BCUT2D eigenvalue weighted by atomic mass is 32.2. The Morgan fingerprint density at radius 3 is 2.37 bits per heavy atom. The van der Waals surface area contributed by atoms with Crippen LogP contribution in [0.3, 0.4) is 0 Å². The van der Waals surface area contributed by atoms with Gasteiger partial charge in [-0.15, -0.1) is 0 Å². The normalized spacial score (nSPS) is 33.3. The first-order chi connectivity index (χ1) is 12.9. The molecule has 3 saturated carbocycles. The monoisotopic (exact) mass is 387 g/mol. The average Bonchev–Trinajstić information content (AvgIpc) is 3.50. The molecule has 1 saturated heterocycles. The molecule has 1 heterocycles. The number of amides is 1. The smallest absolute Gasteiger partial charge is 0.226 e. The topological polar surface area (TPSA) is 54.5 Å². The largest absolute Gasteiger partial charge is 0.336 e. The SMILES string of the molecule is Cc1ccccc1C1CC(N(C(=O)C2CC23CCS(=O)(=O)CC3)C2CC2)C1. The highest BCUT2D eigenvalue weighted by molar-refractivity contribution is 7.91. The van der Waals surface area contributed by atoms with Gasteiger partial charge in [-0.05, 0) is 74.3 Å². The van der Waals surface area contributed by atoms with Crippen LogP contribution in [0.1, 0.15) is 62.0 Å². The maximum absolute atomic E-state index is 13.3. The van der Waals surface area contributed by atoms with E-state index in [2.05, 4.69) is 36.1 Å². The first-order valence-corrected chi connectivity index (χ1v) is 12.3. The third-order valence-electron chi connectivity index (χ3n) is 7.64. The van der Waals surface area contributed by atoms with Gasteiger partial charge >= 0.3 is 0 Å². The van der Waals surface area contributed by atoms with Crippen molar-refractivity contribution in [3.05, 3.63) is 35.4 Å². The lowest BCUT2D eigenvalue weighted by atomic mass is 9.73. The average molecular weight is 388 g/mol. The number of benzene rings is 1. The van der Waals surface area contributed by atoms with E-state index in [9.17, 15) is 13.2 Å². The summed E-state index contributed by atoms with van der Waals surface area (Å²) in [5.74, 6) is 1.56. The van der Waals surface area contributed by atoms with Crippen LogP contribution in [-0.4, -0.2) is 42.8 Å². The van der Waals surface area contributed by atoms with Crippen LogP contribution in [-0.2, 0) is 14.6 Å². The minimum Gasteiger partial charge on any atom is -0.336 e. The molecule has 0 aromatic heterocycles. The molecule has 4 aliphatic rings. The van der Waals surface area contributed by atoms with Crippen LogP contribution in [0.4, 0.5) is 0 Å². The summed E-state index contributed by atoms with van der Waals surface area (Å²) in [6, 6.07) is 9.45. The Balaban J connectivity index is 1.25. The van der Waals surface area contributed by atoms with Crippen LogP contribution in [0.5, 0.6) is 0 Å². The van der Waals surface area contributed by atoms with Gasteiger partial charge in [-0.1, -0.05) is 24.3 Å². The van der Waals surface area contributed by atoms with Crippen molar-refractivity contribution in [2.24, 2.45) is 11.3 Å². The highest BCUT2D eigenvalue weighted by Gasteiger charge is 2.61. The lowest BCUT2D eigenvalue weighted by Crippen LogP contribution is -2.49. The third kappa shape index (κ3) is 3.12. The molecule has 27 heavy (non-hydrogen) atoms. The van der Waals surface area contributed by atoms with Gasteiger partial charge in [-0.3, -0.25) is 4.79 Å². The standard InChI is InChI=1S/C22H29NO3S/c1-15-4-2-3-5-19(15)16-12-18(13-16)23(17-6-7-17)21(24)20-14-22(20)8-10-27(25,26)11-9-22/h2-5,16-18,20H,6-14H2,1H3. The fourth-order valence-corrected chi connectivity index (χ4v) is 7.14. The summed E-state index contributed by atoms with van der Waals surface area (Å²) in [6.45, 7) is 2.18. The Hall–Kier alpha value is -1.36. The number of hydrogen-bond donors (Lipinski definition) is 0. The molecule has 5 rings (SSSR count). The van der Waals surface area contributed by atoms with Crippen LogP contribution >= 0.6 is 0 Å². The number of sulfone groups is 1. The molecule has 5 heteroatoms. The molecule has 1 atom stereocenters. The highest BCUT2D eigenvalue weighted by Crippen LogP contribution is 2.61. The quantitative estimate of drug-likeness (QED) is 0.795. The van der Waals surface area contributed by atoms with E-state index >= 15 is 0 Å². The van der Waals surface area contributed by atoms with Gasteiger partial charge in [0.25, 0.3) is 0 Å². The van der Waals surface area contributed by atoms with Crippen LogP contribution in [0, 0.1) is 18.3 Å². The summed E-state index contributed by atoms with van der Waals surface area (Å²) in [4.78, 5) is 15.6. The number of aryl methyl sites for hydroxylation is 1. The van der Waals surface area contributed by atoms with Gasteiger partial charge in [0.2, 0.25) is 5.91 Å². The molecular weight excluding hydrogens is 358 g/mol. The minimum atomic E-state index is -2.86. The maximum Gasteiger partial charge on any atom is 0.226 e. The molecule has 1 spiro atoms. The van der Waals surface area contributed by atoms with Gasteiger partial charge in [0, 0.05) is 18.0 Å². The number of rotatable bonds is 4. The van der Waals surface area contributed by atoms with E-state index in [4.69, 9.17) is 0 Å². The van der Waals surface area contributed by atoms with Crippen molar-refractivity contribution in [2.45, 2.75) is 69.9 Å². The summed E-state index contributed by atoms with van der Waals surface area (Å²) in [7, 11) is -2.86. The molecule has 0 N–H and O–H groups in total. The minimum absolute atomic E-state index is 0.00864. The van der Waals surface area contributed by atoms with Crippen LogP contribution in [0.25, 0.3) is 0 Å². The molecule has 4 fully saturated rings. The second-order valence-electron chi connectivity index (χ2n) is 9.43. The van der Waals surface area contributed by atoms with Gasteiger partial charge in [-0.2, -0.15) is 0 Å². The van der Waals surface area contributed by atoms with Crippen molar-refractivity contribution in [1.82, 2.24) is 4.90 Å². The van der Waals surface area contributed by atoms with Crippen LogP contribution < -0.4 is 0 Å². The molecule has 146 valence electrons.